The van der Waals surface area contributed by atoms with Gasteiger partial charge in [-0.1, -0.05) is 36.8 Å². The molecule has 1 aromatic rings. The van der Waals surface area contributed by atoms with Crippen molar-refractivity contribution in [2.75, 3.05) is 0 Å². The molecule has 0 aromatic heterocycles. The molecule has 0 aliphatic carbocycles. The lowest BCUT2D eigenvalue weighted by Crippen LogP contribution is -2.06. The molecule has 0 aliphatic heterocycles. The lowest BCUT2D eigenvalue weighted by Gasteiger charge is -2.13. The normalized spacial score (nSPS) is 14.0. The van der Waals surface area contributed by atoms with Gasteiger partial charge < -0.3 is 9.79 Å². The fraction of sp³-hybridized carbons (Fsp3) is 0.400. The van der Waals surface area contributed by atoms with Crippen molar-refractivity contribution in [3.05, 3.63) is 35.4 Å². The topological polar surface area (TPSA) is 57.5 Å². The quantitative estimate of drug-likeness (QED) is 0.757. The zero-order chi connectivity index (χ0) is 10.8. The van der Waals surface area contributed by atoms with Crippen molar-refractivity contribution < 1.29 is 14.4 Å². The van der Waals surface area contributed by atoms with Gasteiger partial charge in [0.2, 0.25) is 0 Å². The number of hydrogen-bond acceptors (Lipinski definition) is 1. The van der Waals surface area contributed by atoms with Crippen molar-refractivity contribution in [2.45, 2.75) is 25.9 Å². The molecule has 0 radical (unpaired) electrons. The van der Waals surface area contributed by atoms with Crippen LogP contribution in [-0.2, 0) is 11.0 Å². The summed E-state index contributed by atoms with van der Waals surface area (Å²) in [5.74, 6) is 0. The fourth-order valence-electron chi connectivity index (χ4n) is 1.30. The first-order chi connectivity index (χ1) is 6.39. The second-order valence-electron chi connectivity index (χ2n) is 3.63. The van der Waals surface area contributed by atoms with Crippen LogP contribution in [0.3, 0.4) is 0 Å². The summed E-state index contributed by atoms with van der Waals surface area (Å²) < 4.78 is 10.9. The predicted molar refractivity (Wildman–Crippen MR) is 56.4 cm³/mol. The highest BCUT2D eigenvalue weighted by Crippen LogP contribution is 2.42. The standard InChI is InChI=1S/C10H15O3P/c1-8-4-3-5-10(6-8)7-9(2)14(11,12)13/h3-6,9H,7H2,1-2H3,(H2,11,12,13). The van der Waals surface area contributed by atoms with Crippen molar-refractivity contribution >= 4 is 7.60 Å². The van der Waals surface area contributed by atoms with Crippen LogP contribution in [0.4, 0.5) is 0 Å². The third-order valence-corrected chi connectivity index (χ3v) is 3.52. The van der Waals surface area contributed by atoms with Crippen LogP contribution in [-0.4, -0.2) is 15.4 Å². The molecule has 0 saturated carbocycles. The predicted octanol–water partition coefficient (Wildman–Crippen LogP) is 2.10. The molecule has 4 heteroatoms. The smallest absolute Gasteiger partial charge is 0.324 e. The minimum atomic E-state index is -3.94. The maximum atomic E-state index is 10.9. The van der Waals surface area contributed by atoms with E-state index in [9.17, 15) is 4.57 Å². The van der Waals surface area contributed by atoms with E-state index in [0.29, 0.717) is 6.42 Å². The molecule has 0 spiro atoms. The van der Waals surface area contributed by atoms with E-state index in [1.807, 2.05) is 31.2 Å². The van der Waals surface area contributed by atoms with E-state index in [2.05, 4.69) is 0 Å². The van der Waals surface area contributed by atoms with Gasteiger partial charge >= 0.3 is 7.60 Å². The molecular formula is C10H15O3P. The number of aryl methyl sites for hydroxylation is 1. The van der Waals surface area contributed by atoms with Crippen molar-refractivity contribution in [1.29, 1.82) is 0 Å². The highest BCUT2D eigenvalue weighted by molar-refractivity contribution is 7.52. The average Bonchev–Trinajstić information content (AvgIpc) is 2.02. The SMILES string of the molecule is Cc1cccc(CC(C)P(=O)(O)O)c1. The van der Waals surface area contributed by atoms with E-state index in [1.165, 1.54) is 0 Å². The second-order valence-corrected chi connectivity index (χ2v) is 5.69. The first-order valence-corrected chi connectivity index (χ1v) is 6.18. The Bertz CT molecular complexity index is 356. The van der Waals surface area contributed by atoms with E-state index in [-0.39, 0.29) is 0 Å². The Balaban J connectivity index is 2.75. The van der Waals surface area contributed by atoms with Crippen LogP contribution in [0.1, 0.15) is 18.1 Å². The first kappa shape index (κ1) is 11.4. The molecule has 1 unspecified atom stereocenters. The molecule has 2 N–H and O–H groups in total. The van der Waals surface area contributed by atoms with Gasteiger partial charge in [0.25, 0.3) is 0 Å². The van der Waals surface area contributed by atoms with Gasteiger partial charge in [-0.05, 0) is 18.9 Å². The fourth-order valence-corrected chi connectivity index (χ4v) is 1.75. The Morgan fingerprint density at radius 3 is 2.57 bits per heavy atom. The summed E-state index contributed by atoms with van der Waals surface area (Å²) >= 11 is 0. The van der Waals surface area contributed by atoms with Gasteiger partial charge in [0, 0.05) is 0 Å². The molecule has 1 atom stereocenters. The van der Waals surface area contributed by atoms with Crippen LogP contribution in [0.15, 0.2) is 24.3 Å². The summed E-state index contributed by atoms with van der Waals surface area (Å²) in [6.07, 6.45) is 0.423. The van der Waals surface area contributed by atoms with Crippen molar-refractivity contribution in [3.63, 3.8) is 0 Å². The van der Waals surface area contributed by atoms with Gasteiger partial charge in [0.15, 0.2) is 0 Å². The van der Waals surface area contributed by atoms with Gasteiger partial charge in [-0.25, -0.2) is 0 Å². The largest absolute Gasteiger partial charge is 0.328 e. The summed E-state index contributed by atoms with van der Waals surface area (Å²) in [6.45, 7) is 3.54. The van der Waals surface area contributed by atoms with Crippen LogP contribution in [0, 0.1) is 6.92 Å². The Hall–Kier alpha value is -0.630. The Morgan fingerprint density at radius 2 is 2.07 bits per heavy atom. The zero-order valence-corrected chi connectivity index (χ0v) is 9.24. The van der Waals surface area contributed by atoms with E-state index in [0.717, 1.165) is 11.1 Å². The maximum absolute atomic E-state index is 10.9. The van der Waals surface area contributed by atoms with E-state index in [4.69, 9.17) is 9.79 Å². The minimum absolute atomic E-state index is 0.423. The molecule has 0 aliphatic rings. The van der Waals surface area contributed by atoms with E-state index in [1.54, 1.807) is 6.92 Å². The summed E-state index contributed by atoms with van der Waals surface area (Å²) in [6, 6.07) is 7.70. The molecule has 1 rings (SSSR count). The van der Waals surface area contributed by atoms with Crippen LogP contribution in [0.2, 0.25) is 0 Å². The maximum Gasteiger partial charge on any atom is 0.328 e. The molecule has 0 heterocycles. The Morgan fingerprint density at radius 1 is 1.43 bits per heavy atom. The Labute approximate surface area is 83.9 Å². The van der Waals surface area contributed by atoms with E-state index >= 15 is 0 Å². The van der Waals surface area contributed by atoms with Gasteiger partial charge in [-0.2, -0.15) is 0 Å². The summed E-state index contributed by atoms with van der Waals surface area (Å²) in [5.41, 5.74) is 1.48. The molecule has 0 bridgehead atoms. The summed E-state index contributed by atoms with van der Waals surface area (Å²) in [7, 11) is -3.94. The van der Waals surface area contributed by atoms with Crippen molar-refractivity contribution in [2.24, 2.45) is 0 Å². The number of rotatable bonds is 3. The van der Waals surface area contributed by atoms with Crippen molar-refractivity contribution in [1.82, 2.24) is 0 Å². The third-order valence-electron chi connectivity index (χ3n) is 2.19. The summed E-state index contributed by atoms with van der Waals surface area (Å²) in [4.78, 5) is 17.9. The molecule has 78 valence electrons. The molecular weight excluding hydrogens is 199 g/mol. The van der Waals surface area contributed by atoms with Gasteiger partial charge in [-0.3, -0.25) is 4.57 Å². The third kappa shape index (κ3) is 3.26. The van der Waals surface area contributed by atoms with Crippen LogP contribution in [0.25, 0.3) is 0 Å². The van der Waals surface area contributed by atoms with Gasteiger partial charge in [-0.15, -0.1) is 0 Å². The van der Waals surface area contributed by atoms with Gasteiger partial charge in [0.1, 0.15) is 0 Å². The van der Waals surface area contributed by atoms with Crippen molar-refractivity contribution in [3.8, 4) is 0 Å². The first-order valence-electron chi connectivity index (χ1n) is 4.50. The van der Waals surface area contributed by atoms with E-state index < -0.39 is 13.3 Å². The van der Waals surface area contributed by atoms with Crippen LogP contribution < -0.4 is 0 Å². The molecule has 0 saturated heterocycles. The molecule has 3 nitrogen and oxygen atoms in total. The lowest BCUT2D eigenvalue weighted by molar-refractivity contribution is 0.360. The van der Waals surface area contributed by atoms with Crippen LogP contribution >= 0.6 is 7.60 Å². The monoisotopic (exact) mass is 214 g/mol. The second kappa shape index (κ2) is 4.26. The molecule has 14 heavy (non-hydrogen) atoms. The Kier molecular flexibility index (Phi) is 3.48. The average molecular weight is 214 g/mol. The highest BCUT2D eigenvalue weighted by atomic mass is 31.2. The number of benzene rings is 1. The molecule has 0 amide bonds. The van der Waals surface area contributed by atoms with Gasteiger partial charge in [0.05, 0.1) is 5.66 Å². The molecule has 0 fully saturated rings. The zero-order valence-electron chi connectivity index (χ0n) is 8.34. The lowest BCUT2D eigenvalue weighted by atomic mass is 10.1. The van der Waals surface area contributed by atoms with Crippen LogP contribution in [0.5, 0.6) is 0 Å². The minimum Gasteiger partial charge on any atom is -0.324 e. The number of hydrogen-bond donors (Lipinski definition) is 2. The molecule has 1 aromatic carbocycles. The highest BCUT2D eigenvalue weighted by Gasteiger charge is 2.23. The summed E-state index contributed by atoms with van der Waals surface area (Å²) in [5, 5.41) is 0.